The van der Waals surface area contributed by atoms with E-state index < -0.39 is 11.9 Å². The summed E-state index contributed by atoms with van der Waals surface area (Å²) >= 11 is 1.21. The van der Waals surface area contributed by atoms with Gasteiger partial charge in [-0.15, -0.1) is 11.3 Å². The number of nitrogens with zero attached hydrogens (tertiary/aromatic N) is 2. The summed E-state index contributed by atoms with van der Waals surface area (Å²) in [7, 11) is 1.26. The highest BCUT2D eigenvalue weighted by molar-refractivity contribution is 7.14. The van der Waals surface area contributed by atoms with Gasteiger partial charge in [0.25, 0.3) is 5.91 Å². The van der Waals surface area contributed by atoms with Gasteiger partial charge in [0, 0.05) is 17.5 Å². The number of ether oxygens (including phenoxy) is 1. The maximum atomic E-state index is 13.2. The molecule has 0 spiro atoms. The Kier molecular flexibility index (Phi) is 7.85. The Morgan fingerprint density at radius 1 is 1.07 bits per heavy atom. The molecule has 0 unspecified atom stereocenters. The summed E-state index contributed by atoms with van der Waals surface area (Å²) in [6, 6.07) is 0.462. The average molecular weight is 423 g/mol. The number of carbonyl (C=O) groups excluding carboxylic acids is 3. The highest BCUT2D eigenvalue weighted by atomic mass is 32.1. The number of aromatic nitrogens is 1. The molecule has 2 aliphatic carbocycles. The lowest BCUT2D eigenvalue weighted by Crippen LogP contribution is -2.50. The van der Waals surface area contributed by atoms with E-state index in [0.29, 0.717) is 5.13 Å². The van der Waals surface area contributed by atoms with Crippen LogP contribution in [-0.4, -0.2) is 53.5 Å². The Hall–Kier alpha value is -2.16. The van der Waals surface area contributed by atoms with Crippen molar-refractivity contribution in [1.82, 2.24) is 15.2 Å². The molecule has 2 saturated carbocycles. The SMILES string of the molecule is COC(=O)CNC(=O)c1csc(NC(=O)N(C2CCCCC2)C2CCCCC2)n1. The Morgan fingerprint density at radius 2 is 1.66 bits per heavy atom. The van der Waals surface area contributed by atoms with E-state index in [1.165, 1.54) is 57.0 Å². The highest BCUT2D eigenvalue weighted by Gasteiger charge is 2.33. The molecule has 9 heteroatoms. The first-order valence-corrected chi connectivity index (χ1v) is 11.4. The Labute approximate surface area is 175 Å². The van der Waals surface area contributed by atoms with Gasteiger partial charge in [0.15, 0.2) is 5.13 Å². The van der Waals surface area contributed by atoms with E-state index in [-0.39, 0.29) is 30.4 Å². The van der Waals surface area contributed by atoms with Crippen molar-refractivity contribution in [2.45, 2.75) is 76.3 Å². The number of rotatable bonds is 6. The van der Waals surface area contributed by atoms with Gasteiger partial charge in [-0.3, -0.25) is 14.9 Å². The number of hydrogen-bond acceptors (Lipinski definition) is 6. The van der Waals surface area contributed by atoms with E-state index in [0.717, 1.165) is 25.7 Å². The second kappa shape index (κ2) is 10.6. The second-order valence-corrected chi connectivity index (χ2v) is 8.58. The van der Waals surface area contributed by atoms with Gasteiger partial charge in [-0.1, -0.05) is 38.5 Å². The van der Waals surface area contributed by atoms with Crippen molar-refractivity contribution >= 4 is 34.4 Å². The quantitative estimate of drug-likeness (QED) is 0.683. The lowest BCUT2D eigenvalue weighted by molar-refractivity contribution is -0.139. The fourth-order valence-electron chi connectivity index (χ4n) is 4.25. The van der Waals surface area contributed by atoms with E-state index in [9.17, 15) is 14.4 Å². The first-order chi connectivity index (χ1) is 14.1. The van der Waals surface area contributed by atoms with Crippen LogP contribution in [0.3, 0.4) is 0 Å². The molecule has 1 aromatic heterocycles. The Bertz CT molecular complexity index is 693. The smallest absolute Gasteiger partial charge is 0.325 e. The number of thiazole rings is 1. The van der Waals surface area contributed by atoms with Gasteiger partial charge in [0.2, 0.25) is 0 Å². The van der Waals surface area contributed by atoms with Crippen LogP contribution in [0.2, 0.25) is 0 Å². The van der Waals surface area contributed by atoms with Crippen LogP contribution in [0.4, 0.5) is 9.93 Å². The molecule has 29 heavy (non-hydrogen) atoms. The van der Waals surface area contributed by atoms with E-state index in [1.807, 2.05) is 0 Å². The van der Waals surface area contributed by atoms with Crippen molar-refractivity contribution in [2.75, 3.05) is 19.0 Å². The van der Waals surface area contributed by atoms with E-state index in [2.05, 4.69) is 25.3 Å². The van der Waals surface area contributed by atoms with E-state index in [1.54, 1.807) is 5.38 Å². The number of methoxy groups -OCH3 is 1. The van der Waals surface area contributed by atoms with Crippen LogP contribution >= 0.6 is 11.3 Å². The van der Waals surface area contributed by atoms with Gasteiger partial charge < -0.3 is 15.0 Å². The third-order valence-corrected chi connectivity index (χ3v) is 6.50. The van der Waals surface area contributed by atoms with Gasteiger partial charge >= 0.3 is 12.0 Å². The molecule has 3 rings (SSSR count). The molecule has 1 aromatic rings. The molecular formula is C20H30N4O4S. The van der Waals surface area contributed by atoms with Crippen LogP contribution in [0.15, 0.2) is 5.38 Å². The first-order valence-electron chi connectivity index (χ1n) is 10.5. The number of hydrogen-bond donors (Lipinski definition) is 2. The number of nitrogens with one attached hydrogen (secondary N) is 2. The minimum Gasteiger partial charge on any atom is -0.468 e. The van der Waals surface area contributed by atoms with Gasteiger partial charge in [-0.2, -0.15) is 0 Å². The zero-order chi connectivity index (χ0) is 20.6. The summed E-state index contributed by atoms with van der Waals surface area (Å²) in [5.41, 5.74) is 0.177. The van der Waals surface area contributed by atoms with Gasteiger partial charge in [0.05, 0.1) is 7.11 Å². The predicted octanol–water partition coefficient (Wildman–Crippen LogP) is 3.55. The highest BCUT2D eigenvalue weighted by Crippen LogP contribution is 2.31. The fraction of sp³-hybridized carbons (Fsp3) is 0.700. The molecule has 0 atom stereocenters. The number of esters is 1. The molecule has 0 bridgehead atoms. The van der Waals surface area contributed by atoms with Gasteiger partial charge in [-0.25, -0.2) is 9.78 Å². The molecule has 160 valence electrons. The summed E-state index contributed by atoms with van der Waals surface area (Å²) in [4.78, 5) is 42.7. The molecule has 2 N–H and O–H groups in total. The summed E-state index contributed by atoms with van der Waals surface area (Å²) in [5, 5.41) is 7.34. The van der Waals surface area contributed by atoms with E-state index >= 15 is 0 Å². The van der Waals surface area contributed by atoms with Crippen LogP contribution < -0.4 is 10.6 Å². The van der Waals surface area contributed by atoms with Crippen LogP contribution in [0.25, 0.3) is 0 Å². The molecule has 2 fully saturated rings. The summed E-state index contributed by atoms with van der Waals surface area (Å²) in [6.07, 6.45) is 11.4. The maximum Gasteiger partial charge on any atom is 0.325 e. The van der Waals surface area contributed by atoms with Crippen molar-refractivity contribution in [1.29, 1.82) is 0 Å². The van der Waals surface area contributed by atoms with Crippen LogP contribution in [0.5, 0.6) is 0 Å². The van der Waals surface area contributed by atoms with Crippen LogP contribution in [-0.2, 0) is 9.53 Å². The Balaban J connectivity index is 1.63. The summed E-state index contributed by atoms with van der Waals surface area (Å²) in [5.74, 6) is -0.999. The lowest BCUT2D eigenvalue weighted by atomic mass is 9.89. The standard InChI is InChI=1S/C20H30N4O4S/c1-28-17(25)12-21-18(26)16-13-29-19(22-16)23-20(27)24(14-8-4-2-5-9-14)15-10-6-3-7-11-15/h13-15H,2-12H2,1H3,(H,21,26)(H,22,23,27). The van der Waals surface area contributed by atoms with Crippen molar-refractivity contribution in [3.05, 3.63) is 11.1 Å². The fourth-order valence-corrected chi connectivity index (χ4v) is 4.94. The van der Waals surface area contributed by atoms with Gasteiger partial charge in [-0.05, 0) is 25.7 Å². The molecule has 1 heterocycles. The molecular weight excluding hydrogens is 392 g/mol. The zero-order valence-electron chi connectivity index (χ0n) is 16.9. The minimum absolute atomic E-state index is 0.111. The monoisotopic (exact) mass is 422 g/mol. The van der Waals surface area contributed by atoms with Gasteiger partial charge in [0.1, 0.15) is 12.2 Å². The summed E-state index contributed by atoms with van der Waals surface area (Å²) in [6.45, 7) is -0.217. The maximum absolute atomic E-state index is 13.2. The first kappa shape index (κ1) is 21.5. The number of carbonyl (C=O) groups is 3. The van der Waals surface area contributed by atoms with E-state index in [4.69, 9.17) is 0 Å². The van der Waals surface area contributed by atoms with Crippen molar-refractivity contribution in [3.63, 3.8) is 0 Å². The minimum atomic E-state index is -0.530. The molecule has 0 radical (unpaired) electrons. The molecule has 0 aliphatic heterocycles. The number of anilines is 1. The van der Waals surface area contributed by atoms with Crippen molar-refractivity contribution in [2.24, 2.45) is 0 Å². The third-order valence-electron chi connectivity index (χ3n) is 5.74. The molecule has 3 amide bonds. The largest absolute Gasteiger partial charge is 0.468 e. The van der Waals surface area contributed by atoms with Crippen molar-refractivity contribution in [3.8, 4) is 0 Å². The molecule has 0 aromatic carbocycles. The molecule has 8 nitrogen and oxygen atoms in total. The Morgan fingerprint density at radius 3 is 2.21 bits per heavy atom. The molecule has 2 aliphatic rings. The van der Waals surface area contributed by atoms with Crippen molar-refractivity contribution < 1.29 is 19.1 Å². The topological polar surface area (TPSA) is 101 Å². The number of urea groups is 1. The van der Waals surface area contributed by atoms with Crippen LogP contribution in [0.1, 0.15) is 74.7 Å². The van der Waals surface area contributed by atoms with Crippen LogP contribution in [0, 0.1) is 0 Å². The average Bonchev–Trinajstić information content (AvgIpc) is 3.22. The second-order valence-electron chi connectivity index (χ2n) is 7.72. The molecule has 0 saturated heterocycles. The predicted molar refractivity (Wildman–Crippen MR) is 111 cm³/mol. The normalized spacial score (nSPS) is 18.1. The summed E-state index contributed by atoms with van der Waals surface area (Å²) < 4.78 is 4.50. The third kappa shape index (κ3) is 5.91. The number of amides is 3. The lowest BCUT2D eigenvalue weighted by Gasteiger charge is -2.41. The zero-order valence-corrected chi connectivity index (χ0v) is 17.8.